The lowest BCUT2D eigenvalue weighted by Crippen LogP contribution is -2.52. The summed E-state index contributed by atoms with van der Waals surface area (Å²) in [4.78, 5) is 4.88. The highest BCUT2D eigenvalue weighted by Gasteiger charge is 2.33. The number of fused-ring (bicyclic) bond motifs is 1. The second kappa shape index (κ2) is 3.24. The van der Waals surface area contributed by atoms with Gasteiger partial charge in [-0.3, -0.25) is 0 Å². The molecule has 2 aliphatic rings. The van der Waals surface area contributed by atoms with Crippen LogP contribution >= 0.6 is 0 Å². The van der Waals surface area contributed by atoms with Crippen molar-refractivity contribution in [2.45, 2.75) is 44.7 Å². The lowest BCUT2D eigenvalue weighted by molar-refractivity contribution is 0.100. The summed E-state index contributed by atoms with van der Waals surface area (Å²) >= 11 is 0. The minimum Gasteiger partial charge on any atom is -0.374 e. The van der Waals surface area contributed by atoms with Crippen LogP contribution in [0.15, 0.2) is 11.9 Å². The van der Waals surface area contributed by atoms with Crippen molar-refractivity contribution in [3.63, 3.8) is 0 Å². The first-order valence-electron chi connectivity index (χ1n) is 5.33. The van der Waals surface area contributed by atoms with Gasteiger partial charge in [0.1, 0.15) is 0 Å². The van der Waals surface area contributed by atoms with Gasteiger partial charge >= 0.3 is 0 Å². The summed E-state index contributed by atoms with van der Waals surface area (Å²) in [5, 5.41) is 0. The summed E-state index contributed by atoms with van der Waals surface area (Å²) in [5.41, 5.74) is 1.41. The van der Waals surface area contributed by atoms with Crippen LogP contribution in [0, 0.1) is 0 Å². The summed E-state index contributed by atoms with van der Waals surface area (Å²) in [6.45, 7) is 2.21. The Labute approximate surface area is 81.2 Å². The molecule has 1 aliphatic heterocycles. The second-order valence-electron chi connectivity index (χ2n) is 4.47. The van der Waals surface area contributed by atoms with Crippen molar-refractivity contribution < 1.29 is 0 Å². The quantitative estimate of drug-likeness (QED) is 0.563. The van der Waals surface area contributed by atoms with Gasteiger partial charge in [0.2, 0.25) is 0 Å². The van der Waals surface area contributed by atoms with E-state index in [0.717, 1.165) is 12.1 Å². The molecule has 1 heterocycles. The number of likely N-dealkylation sites (N-methyl/N-ethyl adjacent to an activating group) is 2. The highest BCUT2D eigenvalue weighted by Crippen LogP contribution is 2.31. The maximum absolute atomic E-state index is 2.46. The summed E-state index contributed by atoms with van der Waals surface area (Å²) in [5.74, 6) is 0. The molecule has 0 unspecified atom stereocenters. The van der Waals surface area contributed by atoms with Gasteiger partial charge in [-0.05, 0) is 19.8 Å². The fraction of sp³-hybridized carbons (Fsp3) is 0.818. The third-order valence-electron chi connectivity index (χ3n) is 3.66. The van der Waals surface area contributed by atoms with Crippen molar-refractivity contribution in [2.24, 2.45) is 0 Å². The van der Waals surface area contributed by atoms with Crippen LogP contribution < -0.4 is 0 Å². The minimum absolute atomic E-state index is 0.766. The molecule has 2 atom stereocenters. The van der Waals surface area contributed by atoms with Gasteiger partial charge in [0.25, 0.3) is 0 Å². The van der Waals surface area contributed by atoms with Crippen LogP contribution in [0.1, 0.15) is 32.6 Å². The molecular weight excluding hydrogens is 160 g/mol. The molecule has 0 spiro atoms. The first-order valence-corrected chi connectivity index (χ1v) is 5.33. The molecule has 0 bridgehead atoms. The van der Waals surface area contributed by atoms with E-state index in [1.807, 2.05) is 0 Å². The predicted octanol–water partition coefficient (Wildman–Crippen LogP) is 2.04. The Kier molecular flexibility index (Phi) is 2.22. The van der Waals surface area contributed by atoms with Crippen LogP contribution in [0.3, 0.4) is 0 Å². The molecule has 1 fully saturated rings. The van der Waals surface area contributed by atoms with Crippen molar-refractivity contribution in [1.82, 2.24) is 9.80 Å². The highest BCUT2D eigenvalue weighted by atomic mass is 15.3. The van der Waals surface area contributed by atoms with Crippen LogP contribution in [0.2, 0.25) is 0 Å². The Balaban J connectivity index is 2.21. The number of hydrogen-bond acceptors (Lipinski definition) is 2. The smallest absolute Gasteiger partial charge is 0.0487 e. The fourth-order valence-electron chi connectivity index (χ4n) is 2.76. The van der Waals surface area contributed by atoms with E-state index in [4.69, 9.17) is 0 Å². The monoisotopic (exact) mass is 180 g/mol. The van der Waals surface area contributed by atoms with Crippen LogP contribution in [-0.2, 0) is 0 Å². The predicted molar refractivity (Wildman–Crippen MR) is 55.3 cm³/mol. The first kappa shape index (κ1) is 8.92. The van der Waals surface area contributed by atoms with Gasteiger partial charge in [-0.2, -0.15) is 0 Å². The van der Waals surface area contributed by atoms with E-state index < -0.39 is 0 Å². The number of hydrogen-bond donors (Lipinski definition) is 0. The largest absolute Gasteiger partial charge is 0.374 e. The zero-order valence-electron chi connectivity index (χ0n) is 8.95. The lowest BCUT2D eigenvalue weighted by atomic mass is 9.87. The van der Waals surface area contributed by atoms with E-state index in [9.17, 15) is 0 Å². The Hall–Kier alpha value is -0.660. The maximum Gasteiger partial charge on any atom is 0.0487 e. The summed E-state index contributed by atoms with van der Waals surface area (Å²) < 4.78 is 0. The number of nitrogens with zero attached hydrogens (tertiary/aromatic N) is 2. The maximum atomic E-state index is 2.46. The van der Waals surface area contributed by atoms with Gasteiger partial charge < -0.3 is 9.80 Å². The molecule has 0 aromatic rings. The van der Waals surface area contributed by atoms with E-state index in [-0.39, 0.29) is 0 Å². The molecule has 0 aromatic heterocycles. The summed E-state index contributed by atoms with van der Waals surface area (Å²) in [6.07, 6.45) is 7.84. The molecule has 0 aromatic carbocycles. The van der Waals surface area contributed by atoms with Gasteiger partial charge in [0.15, 0.2) is 0 Å². The highest BCUT2D eigenvalue weighted by molar-refractivity contribution is 5.08. The van der Waals surface area contributed by atoms with Gasteiger partial charge in [-0.1, -0.05) is 12.8 Å². The lowest BCUT2D eigenvalue weighted by Gasteiger charge is -2.47. The minimum atomic E-state index is 0.766. The molecule has 13 heavy (non-hydrogen) atoms. The first-order chi connectivity index (χ1) is 6.20. The second-order valence-corrected chi connectivity index (χ2v) is 4.47. The van der Waals surface area contributed by atoms with Crippen LogP contribution in [-0.4, -0.2) is 36.0 Å². The molecule has 2 heteroatoms. The van der Waals surface area contributed by atoms with Gasteiger partial charge in [0, 0.05) is 38.1 Å². The van der Waals surface area contributed by atoms with E-state index >= 15 is 0 Å². The van der Waals surface area contributed by atoms with Crippen molar-refractivity contribution in [2.75, 3.05) is 14.1 Å². The Morgan fingerprint density at radius 3 is 2.46 bits per heavy atom. The molecule has 2 nitrogen and oxygen atoms in total. The summed E-state index contributed by atoms with van der Waals surface area (Å²) in [6, 6.07) is 1.53. The van der Waals surface area contributed by atoms with Crippen molar-refractivity contribution in [3.05, 3.63) is 11.9 Å². The number of allylic oxidation sites excluding steroid dienone is 1. The van der Waals surface area contributed by atoms with E-state index in [2.05, 4.69) is 37.0 Å². The average molecular weight is 180 g/mol. The van der Waals surface area contributed by atoms with Crippen molar-refractivity contribution in [1.29, 1.82) is 0 Å². The van der Waals surface area contributed by atoms with Gasteiger partial charge in [-0.15, -0.1) is 0 Å². The van der Waals surface area contributed by atoms with Crippen LogP contribution in [0.5, 0.6) is 0 Å². The molecule has 0 radical (unpaired) electrons. The molecule has 0 saturated heterocycles. The average Bonchev–Trinajstić information content (AvgIpc) is 2.15. The molecular formula is C11H20N2. The molecule has 1 aliphatic carbocycles. The van der Waals surface area contributed by atoms with E-state index in [0.29, 0.717) is 0 Å². The molecule has 2 rings (SSSR count). The van der Waals surface area contributed by atoms with Crippen molar-refractivity contribution >= 4 is 0 Å². The molecule has 0 amide bonds. The summed E-state index contributed by atoms with van der Waals surface area (Å²) in [7, 11) is 4.46. The third kappa shape index (κ3) is 1.43. The molecule has 1 saturated carbocycles. The van der Waals surface area contributed by atoms with Crippen LogP contribution in [0.4, 0.5) is 0 Å². The SMILES string of the molecule is CC1=CN(C)[C@H]2CCCC[C@@H]2N1C. The standard InChI is InChI=1S/C11H20N2/c1-9-8-12(2)10-6-4-5-7-11(10)13(9)3/h8,10-11H,4-7H2,1-3H3/t10-,11-/m0/s1. The number of rotatable bonds is 0. The molecule has 0 N–H and O–H groups in total. The Bertz CT molecular complexity index is 222. The third-order valence-corrected chi connectivity index (χ3v) is 3.66. The Morgan fingerprint density at radius 2 is 1.77 bits per heavy atom. The van der Waals surface area contributed by atoms with Gasteiger partial charge in [-0.25, -0.2) is 0 Å². The van der Waals surface area contributed by atoms with Crippen LogP contribution in [0.25, 0.3) is 0 Å². The fourth-order valence-corrected chi connectivity index (χ4v) is 2.76. The van der Waals surface area contributed by atoms with Gasteiger partial charge in [0.05, 0.1) is 0 Å². The van der Waals surface area contributed by atoms with E-state index in [1.165, 1.54) is 31.4 Å². The van der Waals surface area contributed by atoms with Crippen molar-refractivity contribution in [3.8, 4) is 0 Å². The normalized spacial score (nSPS) is 34.2. The zero-order chi connectivity index (χ0) is 9.42. The Morgan fingerprint density at radius 1 is 1.15 bits per heavy atom. The van der Waals surface area contributed by atoms with E-state index in [1.54, 1.807) is 0 Å². The molecule has 74 valence electrons. The topological polar surface area (TPSA) is 6.48 Å². The zero-order valence-corrected chi connectivity index (χ0v) is 8.95.